The Morgan fingerprint density at radius 1 is 1.07 bits per heavy atom. The molecule has 0 saturated carbocycles. The van der Waals surface area contributed by atoms with Crippen molar-refractivity contribution >= 4 is 45.8 Å². The number of carbonyl (C=O) groups is 2. The second kappa shape index (κ2) is 11.1. The van der Waals surface area contributed by atoms with Crippen molar-refractivity contribution in [2.24, 2.45) is 0 Å². The van der Waals surface area contributed by atoms with E-state index < -0.39 is 0 Å². The summed E-state index contributed by atoms with van der Waals surface area (Å²) in [5.74, 6) is 1.27. The van der Waals surface area contributed by atoms with Crippen LogP contribution in [-0.2, 0) is 6.54 Å². The fourth-order valence-electron chi connectivity index (χ4n) is 4.31. The molecule has 0 bridgehead atoms. The van der Waals surface area contributed by atoms with Crippen LogP contribution in [0.5, 0.6) is 0 Å². The SMILES string of the molecule is Cc1ncc(-c2ccc(C(=O)Nc3nc4cc(N(C)C(=O)c5ccccc5)ccc4n3CCNC(C)(C)C)s2)o1. The Hall–Kier alpha value is -4.28. The summed E-state index contributed by atoms with van der Waals surface area (Å²) in [7, 11) is 1.74. The van der Waals surface area contributed by atoms with Gasteiger partial charge in [-0.05, 0) is 63.2 Å². The average Bonchev–Trinajstić information content (AvgIpc) is 3.66. The summed E-state index contributed by atoms with van der Waals surface area (Å²) in [5.41, 5.74) is 2.80. The highest BCUT2D eigenvalue weighted by Crippen LogP contribution is 2.30. The summed E-state index contributed by atoms with van der Waals surface area (Å²) in [6, 6.07) is 18.5. The van der Waals surface area contributed by atoms with E-state index >= 15 is 0 Å². The maximum absolute atomic E-state index is 13.3. The molecule has 0 saturated heterocycles. The number of fused-ring (bicyclic) bond motifs is 1. The van der Waals surface area contributed by atoms with Gasteiger partial charge in [-0.2, -0.15) is 0 Å². The molecule has 3 aromatic heterocycles. The average molecular weight is 557 g/mol. The fraction of sp³-hybridized carbons (Fsp3) is 0.267. The molecule has 0 radical (unpaired) electrons. The van der Waals surface area contributed by atoms with E-state index in [1.165, 1.54) is 11.3 Å². The van der Waals surface area contributed by atoms with Crippen molar-refractivity contribution in [1.82, 2.24) is 19.9 Å². The third kappa shape index (κ3) is 5.98. The minimum atomic E-state index is -0.260. The number of carbonyl (C=O) groups excluding carboxylic acids is 2. The van der Waals surface area contributed by atoms with Crippen molar-refractivity contribution in [3.05, 3.63) is 83.2 Å². The zero-order chi connectivity index (χ0) is 28.4. The molecule has 0 aliphatic rings. The largest absolute Gasteiger partial charge is 0.440 e. The maximum Gasteiger partial charge on any atom is 0.268 e. The lowest BCUT2D eigenvalue weighted by Gasteiger charge is -2.21. The molecule has 2 amide bonds. The van der Waals surface area contributed by atoms with E-state index in [0.29, 0.717) is 52.3 Å². The first kappa shape index (κ1) is 27.3. The van der Waals surface area contributed by atoms with Crippen LogP contribution in [-0.4, -0.2) is 45.5 Å². The monoisotopic (exact) mass is 556 g/mol. The van der Waals surface area contributed by atoms with Crippen LogP contribution in [0.25, 0.3) is 21.7 Å². The minimum absolute atomic E-state index is 0.0556. The predicted molar refractivity (Wildman–Crippen MR) is 159 cm³/mol. The Labute approximate surface area is 236 Å². The number of imidazole rings is 1. The van der Waals surface area contributed by atoms with Crippen molar-refractivity contribution in [2.45, 2.75) is 39.8 Å². The number of thiophene rings is 1. The number of rotatable bonds is 8. The summed E-state index contributed by atoms with van der Waals surface area (Å²) in [4.78, 5) is 38.2. The third-order valence-corrected chi connectivity index (χ3v) is 7.45. The van der Waals surface area contributed by atoms with Gasteiger partial charge in [0.1, 0.15) is 0 Å². The van der Waals surface area contributed by atoms with Gasteiger partial charge >= 0.3 is 0 Å². The van der Waals surface area contributed by atoms with Crippen molar-refractivity contribution in [1.29, 1.82) is 0 Å². The quantitative estimate of drug-likeness (QED) is 0.244. The highest BCUT2D eigenvalue weighted by Gasteiger charge is 2.20. The van der Waals surface area contributed by atoms with Crippen LogP contribution < -0.4 is 15.5 Å². The Bertz CT molecular complexity index is 1660. The molecule has 3 heterocycles. The van der Waals surface area contributed by atoms with Gasteiger partial charge in [0.15, 0.2) is 11.7 Å². The van der Waals surface area contributed by atoms with Gasteiger partial charge < -0.3 is 19.2 Å². The van der Waals surface area contributed by atoms with Crippen LogP contribution in [0.15, 0.2) is 71.3 Å². The molecule has 0 aliphatic carbocycles. The van der Waals surface area contributed by atoms with Gasteiger partial charge in [0.05, 0.1) is 27.0 Å². The molecular formula is C30H32N6O3S. The molecule has 5 aromatic rings. The predicted octanol–water partition coefficient (Wildman–Crippen LogP) is 5.98. The molecule has 0 atom stereocenters. The lowest BCUT2D eigenvalue weighted by Crippen LogP contribution is -2.38. The normalized spacial score (nSPS) is 11.6. The number of nitrogens with one attached hydrogen (secondary N) is 2. The number of aromatic nitrogens is 3. The zero-order valence-corrected chi connectivity index (χ0v) is 24.0. The molecule has 0 spiro atoms. The van der Waals surface area contributed by atoms with Crippen LogP contribution in [0.2, 0.25) is 0 Å². The van der Waals surface area contributed by atoms with E-state index in [2.05, 4.69) is 36.4 Å². The van der Waals surface area contributed by atoms with Gasteiger partial charge in [-0.25, -0.2) is 9.97 Å². The van der Waals surface area contributed by atoms with Crippen LogP contribution in [0.3, 0.4) is 0 Å². The summed E-state index contributed by atoms with van der Waals surface area (Å²) in [6.45, 7) is 9.38. The maximum atomic E-state index is 13.3. The standard InChI is InChI=1S/C30H32N6O3S/c1-19-31-18-24(39-19)25-13-14-26(40-25)27(37)34-29-33-22-17-21(35(5)28(38)20-9-7-6-8-10-20)11-12-23(22)36(29)16-15-32-30(2,3)4/h6-14,17-18,32H,15-16H2,1-5H3,(H,33,34,37). The molecule has 2 aromatic carbocycles. The molecule has 0 aliphatic heterocycles. The van der Waals surface area contributed by atoms with E-state index in [-0.39, 0.29) is 17.4 Å². The zero-order valence-electron chi connectivity index (χ0n) is 23.2. The number of oxazole rings is 1. The van der Waals surface area contributed by atoms with Crippen LogP contribution in [0, 0.1) is 6.92 Å². The van der Waals surface area contributed by atoms with Crippen molar-refractivity contribution in [3.8, 4) is 10.6 Å². The van der Waals surface area contributed by atoms with Gasteiger partial charge in [-0.1, -0.05) is 18.2 Å². The summed E-state index contributed by atoms with van der Waals surface area (Å²) in [6.07, 6.45) is 1.65. The molecule has 2 N–H and O–H groups in total. The minimum Gasteiger partial charge on any atom is -0.440 e. The number of hydrogen-bond donors (Lipinski definition) is 2. The second-order valence-corrected chi connectivity index (χ2v) is 11.6. The van der Waals surface area contributed by atoms with Gasteiger partial charge in [-0.15, -0.1) is 11.3 Å². The van der Waals surface area contributed by atoms with Crippen LogP contribution in [0.1, 0.15) is 46.7 Å². The van der Waals surface area contributed by atoms with Crippen molar-refractivity contribution in [3.63, 3.8) is 0 Å². The third-order valence-electron chi connectivity index (χ3n) is 6.35. The molecular weight excluding hydrogens is 524 g/mol. The molecule has 5 rings (SSSR count). The molecule has 40 heavy (non-hydrogen) atoms. The van der Waals surface area contributed by atoms with Crippen LogP contribution in [0.4, 0.5) is 11.6 Å². The van der Waals surface area contributed by atoms with Gasteiger partial charge in [0.2, 0.25) is 5.95 Å². The molecule has 206 valence electrons. The summed E-state index contributed by atoms with van der Waals surface area (Å²) in [5, 5.41) is 6.49. The first-order chi connectivity index (χ1) is 19.1. The highest BCUT2D eigenvalue weighted by molar-refractivity contribution is 7.17. The van der Waals surface area contributed by atoms with E-state index in [1.54, 1.807) is 43.3 Å². The van der Waals surface area contributed by atoms with E-state index in [9.17, 15) is 9.59 Å². The van der Waals surface area contributed by atoms with Crippen molar-refractivity contribution in [2.75, 3.05) is 23.8 Å². The molecule has 0 unspecified atom stereocenters. The van der Waals surface area contributed by atoms with E-state index in [1.807, 2.05) is 47.0 Å². The van der Waals surface area contributed by atoms with Gasteiger partial charge in [-0.3, -0.25) is 14.9 Å². The fourth-order valence-corrected chi connectivity index (χ4v) is 5.16. The highest BCUT2D eigenvalue weighted by atomic mass is 32.1. The number of benzene rings is 2. The Morgan fingerprint density at radius 3 is 2.55 bits per heavy atom. The van der Waals surface area contributed by atoms with E-state index in [4.69, 9.17) is 9.40 Å². The first-order valence-electron chi connectivity index (χ1n) is 13.0. The topological polar surface area (TPSA) is 105 Å². The molecule has 9 nitrogen and oxygen atoms in total. The van der Waals surface area contributed by atoms with Gasteiger partial charge in [0, 0.05) is 43.9 Å². The van der Waals surface area contributed by atoms with E-state index in [0.717, 1.165) is 10.4 Å². The second-order valence-electron chi connectivity index (χ2n) is 10.5. The molecule has 0 fully saturated rings. The first-order valence-corrected chi connectivity index (χ1v) is 13.8. The Kier molecular flexibility index (Phi) is 7.55. The summed E-state index contributed by atoms with van der Waals surface area (Å²) < 4.78 is 7.59. The Balaban J connectivity index is 1.43. The van der Waals surface area contributed by atoms with Crippen molar-refractivity contribution < 1.29 is 14.0 Å². The Morgan fingerprint density at radius 2 is 1.85 bits per heavy atom. The number of nitrogens with zero attached hydrogens (tertiary/aromatic N) is 4. The number of aryl methyl sites for hydroxylation is 1. The van der Waals surface area contributed by atoms with Crippen LogP contribution >= 0.6 is 11.3 Å². The smallest absolute Gasteiger partial charge is 0.268 e. The number of amides is 2. The number of anilines is 2. The summed E-state index contributed by atoms with van der Waals surface area (Å²) >= 11 is 1.33. The molecule has 10 heteroatoms. The lowest BCUT2D eigenvalue weighted by molar-refractivity contribution is 0.0991. The number of hydrogen-bond acceptors (Lipinski definition) is 7. The lowest BCUT2D eigenvalue weighted by atomic mass is 10.1. The van der Waals surface area contributed by atoms with Gasteiger partial charge in [0.25, 0.3) is 11.8 Å².